The third-order valence-corrected chi connectivity index (χ3v) is 3.39. The maximum atomic E-state index is 12.1. The van der Waals surface area contributed by atoms with Crippen molar-refractivity contribution in [2.45, 2.75) is 38.8 Å². The van der Waals surface area contributed by atoms with Crippen molar-refractivity contribution >= 4 is 33.6 Å². The molecule has 0 aromatic heterocycles. The van der Waals surface area contributed by atoms with Crippen LogP contribution in [0.15, 0.2) is 22.7 Å². The van der Waals surface area contributed by atoms with Crippen molar-refractivity contribution in [3.05, 3.63) is 28.2 Å². The molecule has 1 aliphatic heterocycles. The second kappa shape index (κ2) is 5.65. The average Bonchev–Trinajstić information content (AvgIpc) is 2.34. The van der Waals surface area contributed by atoms with Gasteiger partial charge < -0.3 is 10.1 Å². The van der Waals surface area contributed by atoms with Crippen molar-refractivity contribution in [2.24, 2.45) is 0 Å². The lowest BCUT2D eigenvalue weighted by Crippen LogP contribution is -2.52. The molecule has 0 saturated carbocycles. The quantitative estimate of drug-likeness (QED) is 0.758. The SMILES string of the molecule is CC(C)(C)OC(=O)NC1Cc2ccc(Br)cc2N(O)C1=O. The molecule has 6 nitrogen and oxygen atoms in total. The van der Waals surface area contributed by atoms with Crippen LogP contribution in [0.3, 0.4) is 0 Å². The minimum atomic E-state index is -0.849. The van der Waals surface area contributed by atoms with Crippen LogP contribution in [0.4, 0.5) is 10.5 Å². The van der Waals surface area contributed by atoms with Crippen molar-refractivity contribution in [1.29, 1.82) is 0 Å². The van der Waals surface area contributed by atoms with Crippen molar-refractivity contribution in [1.82, 2.24) is 5.32 Å². The molecule has 2 amide bonds. The van der Waals surface area contributed by atoms with E-state index in [1.54, 1.807) is 32.9 Å². The number of hydrogen-bond acceptors (Lipinski definition) is 4. The molecule has 2 rings (SSSR count). The lowest BCUT2D eigenvalue weighted by atomic mass is 9.99. The van der Waals surface area contributed by atoms with E-state index in [1.807, 2.05) is 6.07 Å². The number of hydrogen-bond donors (Lipinski definition) is 2. The largest absolute Gasteiger partial charge is 0.444 e. The molecular formula is C14H17BrN2O4. The summed E-state index contributed by atoms with van der Waals surface area (Å²) in [6.07, 6.45) is -0.382. The van der Waals surface area contributed by atoms with Gasteiger partial charge in [0.15, 0.2) is 0 Å². The summed E-state index contributed by atoms with van der Waals surface area (Å²) < 4.78 is 5.88. The van der Waals surface area contributed by atoms with Crippen molar-refractivity contribution < 1.29 is 19.5 Å². The summed E-state index contributed by atoms with van der Waals surface area (Å²) in [5.41, 5.74) is 0.529. The Morgan fingerprint density at radius 2 is 2.14 bits per heavy atom. The van der Waals surface area contributed by atoms with Gasteiger partial charge >= 0.3 is 6.09 Å². The molecule has 1 aliphatic rings. The Labute approximate surface area is 131 Å². The van der Waals surface area contributed by atoms with Crippen LogP contribution in [-0.4, -0.2) is 28.9 Å². The number of rotatable bonds is 1. The van der Waals surface area contributed by atoms with E-state index < -0.39 is 23.6 Å². The highest BCUT2D eigenvalue weighted by Gasteiger charge is 2.34. The monoisotopic (exact) mass is 356 g/mol. The molecule has 0 bridgehead atoms. The van der Waals surface area contributed by atoms with Gasteiger partial charge in [0.2, 0.25) is 0 Å². The fourth-order valence-electron chi connectivity index (χ4n) is 2.04. The Kier molecular flexibility index (Phi) is 4.25. The van der Waals surface area contributed by atoms with Gasteiger partial charge in [0.1, 0.15) is 11.6 Å². The van der Waals surface area contributed by atoms with Gasteiger partial charge in [0, 0.05) is 10.9 Å². The lowest BCUT2D eigenvalue weighted by Gasteiger charge is -2.30. The van der Waals surface area contributed by atoms with Crippen molar-refractivity contribution in [3.8, 4) is 0 Å². The first-order valence-corrected chi connectivity index (χ1v) is 7.27. The first-order chi connectivity index (χ1) is 9.67. The molecule has 1 aromatic carbocycles. The number of carbonyl (C=O) groups is 2. The summed E-state index contributed by atoms with van der Waals surface area (Å²) in [7, 11) is 0. The predicted molar refractivity (Wildman–Crippen MR) is 80.3 cm³/mol. The minimum Gasteiger partial charge on any atom is -0.444 e. The van der Waals surface area contributed by atoms with Crippen LogP contribution in [-0.2, 0) is 16.0 Å². The summed E-state index contributed by atoms with van der Waals surface area (Å²) in [5.74, 6) is -0.591. The third-order valence-electron chi connectivity index (χ3n) is 2.90. The van der Waals surface area contributed by atoms with Crippen LogP contribution in [0.1, 0.15) is 26.3 Å². The number of anilines is 1. The molecule has 114 valence electrons. The normalized spacial score (nSPS) is 18.2. The standard InChI is InChI=1S/C14H17BrN2O4/c1-14(2,3)21-13(19)16-10-6-8-4-5-9(15)7-11(8)17(20)12(10)18/h4-5,7,10,20H,6H2,1-3H3,(H,16,19). The smallest absolute Gasteiger partial charge is 0.408 e. The zero-order valence-corrected chi connectivity index (χ0v) is 13.6. The number of amides is 2. The van der Waals surface area contributed by atoms with Gasteiger partial charge in [-0.15, -0.1) is 0 Å². The maximum Gasteiger partial charge on any atom is 0.408 e. The Bertz CT molecular complexity index is 583. The molecule has 7 heteroatoms. The van der Waals surface area contributed by atoms with E-state index in [0.717, 1.165) is 10.0 Å². The molecule has 0 spiro atoms. The van der Waals surface area contributed by atoms with Crippen molar-refractivity contribution in [3.63, 3.8) is 0 Å². The highest BCUT2D eigenvalue weighted by Crippen LogP contribution is 2.29. The molecule has 0 saturated heterocycles. The molecular weight excluding hydrogens is 340 g/mol. The number of halogens is 1. The number of ether oxygens (including phenoxy) is 1. The topological polar surface area (TPSA) is 78.9 Å². The highest BCUT2D eigenvalue weighted by atomic mass is 79.9. The molecule has 1 atom stereocenters. The van der Waals surface area contributed by atoms with E-state index >= 15 is 0 Å². The number of carbonyl (C=O) groups excluding carboxylic acids is 2. The molecule has 1 aromatic rings. The van der Waals surface area contributed by atoms with Gasteiger partial charge in [0.25, 0.3) is 5.91 Å². The first-order valence-electron chi connectivity index (χ1n) is 6.48. The summed E-state index contributed by atoms with van der Waals surface area (Å²) in [5, 5.41) is 13.0. The van der Waals surface area contributed by atoms with Gasteiger partial charge in [0.05, 0.1) is 5.69 Å². The number of nitrogens with one attached hydrogen (secondary N) is 1. The van der Waals surface area contributed by atoms with Gasteiger partial charge in [-0.1, -0.05) is 22.0 Å². The Morgan fingerprint density at radius 3 is 2.76 bits per heavy atom. The van der Waals surface area contributed by atoms with Gasteiger partial charge in [-0.3, -0.25) is 10.0 Å². The van der Waals surface area contributed by atoms with E-state index in [0.29, 0.717) is 17.2 Å². The van der Waals surface area contributed by atoms with E-state index in [4.69, 9.17) is 4.74 Å². The molecule has 2 N–H and O–H groups in total. The van der Waals surface area contributed by atoms with Crippen LogP contribution in [0.5, 0.6) is 0 Å². The zero-order chi connectivity index (χ0) is 15.8. The fourth-order valence-corrected chi connectivity index (χ4v) is 2.39. The molecule has 1 heterocycles. The van der Waals surface area contributed by atoms with E-state index in [9.17, 15) is 14.8 Å². The fraction of sp³-hybridized carbons (Fsp3) is 0.429. The van der Waals surface area contributed by atoms with Crippen LogP contribution in [0.2, 0.25) is 0 Å². The van der Waals surface area contributed by atoms with E-state index in [1.165, 1.54) is 0 Å². The van der Waals surface area contributed by atoms with Crippen LogP contribution in [0.25, 0.3) is 0 Å². The van der Waals surface area contributed by atoms with Gasteiger partial charge in [-0.05, 0) is 38.5 Å². The second-order valence-electron chi connectivity index (χ2n) is 5.83. The van der Waals surface area contributed by atoms with E-state index in [2.05, 4.69) is 21.2 Å². The van der Waals surface area contributed by atoms with Crippen LogP contribution in [0, 0.1) is 0 Å². The zero-order valence-electron chi connectivity index (χ0n) is 12.0. The number of alkyl carbamates (subject to hydrolysis) is 1. The first kappa shape index (κ1) is 15.8. The maximum absolute atomic E-state index is 12.1. The molecule has 1 unspecified atom stereocenters. The minimum absolute atomic E-state index is 0.303. The van der Waals surface area contributed by atoms with Crippen LogP contribution < -0.4 is 10.4 Å². The summed E-state index contributed by atoms with van der Waals surface area (Å²) in [4.78, 5) is 23.8. The third kappa shape index (κ3) is 3.74. The lowest BCUT2D eigenvalue weighted by molar-refractivity contribution is -0.126. The van der Waals surface area contributed by atoms with Crippen molar-refractivity contribution in [2.75, 3.05) is 5.06 Å². The molecule has 21 heavy (non-hydrogen) atoms. The Balaban J connectivity index is 2.15. The Morgan fingerprint density at radius 1 is 1.48 bits per heavy atom. The predicted octanol–water partition coefficient (Wildman–Crippen LogP) is 2.62. The number of hydroxylamine groups is 1. The molecule has 0 fully saturated rings. The summed E-state index contributed by atoms with van der Waals surface area (Å²) >= 11 is 3.29. The highest BCUT2D eigenvalue weighted by molar-refractivity contribution is 9.10. The average molecular weight is 357 g/mol. The number of benzene rings is 1. The summed E-state index contributed by atoms with van der Waals surface area (Å²) in [6, 6.07) is 4.40. The van der Waals surface area contributed by atoms with Gasteiger partial charge in [-0.2, -0.15) is 5.06 Å². The molecule has 0 aliphatic carbocycles. The van der Waals surface area contributed by atoms with Crippen LogP contribution >= 0.6 is 15.9 Å². The second-order valence-corrected chi connectivity index (χ2v) is 6.74. The van der Waals surface area contributed by atoms with E-state index in [-0.39, 0.29) is 0 Å². The Hall–Kier alpha value is -1.60. The molecule has 0 radical (unpaired) electrons. The number of nitrogens with zero attached hydrogens (tertiary/aromatic N) is 1. The number of fused-ring (bicyclic) bond motifs is 1. The summed E-state index contributed by atoms with van der Waals surface area (Å²) in [6.45, 7) is 5.21. The van der Waals surface area contributed by atoms with Gasteiger partial charge in [-0.25, -0.2) is 4.79 Å².